The summed E-state index contributed by atoms with van der Waals surface area (Å²) in [7, 11) is 0. The number of anilines is 1. The van der Waals surface area contributed by atoms with Crippen LogP contribution in [0.15, 0.2) is 42.6 Å². The average molecular weight is 292 g/mol. The second-order valence-electron chi connectivity index (χ2n) is 4.02. The number of aromatic nitrogens is 1. The number of nitrogens with one attached hydrogen (secondary N) is 1. The van der Waals surface area contributed by atoms with E-state index >= 15 is 0 Å². The summed E-state index contributed by atoms with van der Waals surface area (Å²) in [6.07, 6.45) is 1.52. The molecule has 1 amide bonds. The smallest absolute Gasteiger partial charge is 0.269 e. The molecule has 0 unspecified atom stereocenters. The third kappa shape index (κ3) is 3.76. The molecule has 0 fully saturated rings. The van der Waals surface area contributed by atoms with Crippen molar-refractivity contribution in [2.45, 2.75) is 6.42 Å². The van der Waals surface area contributed by atoms with Crippen molar-refractivity contribution in [3.63, 3.8) is 0 Å². The lowest BCUT2D eigenvalue weighted by Gasteiger charge is -2.05. The van der Waals surface area contributed by atoms with E-state index in [1.807, 2.05) is 0 Å². The van der Waals surface area contributed by atoms with Gasteiger partial charge in [0.05, 0.1) is 11.3 Å². The number of non-ortho nitro benzene ring substituents is 1. The number of nitro benzene ring substituents is 1. The highest BCUT2D eigenvalue weighted by atomic mass is 35.5. The Hall–Kier alpha value is -2.47. The predicted octanol–water partition coefficient (Wildman–Crippen LogP) is 2.82. The fourth-order valence-corrected chi connectivity index (χ4v) is 1.82. The highest BCUT2D eigenvalue weighted by Crippen LogP contribution is 2.15. The van der Waals surface area contributed by atoms with Gasteiger partial charge >= 0.3 is 0 Å². The van der Waals surface area contributed by atoms with Gasteiger partial charge < -0.3 is 5.32 Å². The minimum Gasteiger partial charge on any atom is -0.326 e. The van der Waals surface area contributed by atoms with Gasteiger partial charge in [-0.2, -0.15) is 0 Å². The molecule has 7 heteroatoms. The van der Waals surface area contributed by atoms with E-state index in [4.69, 9.17) is 11.6 Å². The van der Waals surface area contributed by atoms with E-state index in [1.54, 1.807) is 18.2 Å². The number of amides is 1. The first-order valence-electron chi connectivity index (χ1n) is 5.69. The molecule has 0 radical (unpaired) electrons. The molecule has 0 saturated heterocycles. The van der Waals surface area contributed by atoms with Crippen molar-refractivity contribution >= 4 is 28.9 Å². The Kier molecular flexibility index (Phi) is 4.27. The zero-order valence-electron chi connectivity index (χ0n) is 10.2. The number of hydrogen-bond donors (Lipinski definition) is 1. The van der Waals surface area contributed by atoms with Crippen molar-refractivity contribution < 1.29 is 9.72 Å². The topological polar surface area (TPSA) is 85.1 Å². The zero-order valence-corrected chi connectivity index (χ0v) is 11.0. The van der Waals surface area contributed by atoms with Crippen molar-refractivity contribution in [3.05, 3.63) is 63.4 Å². The summed E-state index contributed by atoms with van der Waals surface area (Å²) in [4.78, 5) is 25.8. The average Bonchev–Trinajstić information content (AvgIpc) is 2.38. The van der Waals surface area contributed by atoms with Gasteiger partial charge in [-0.05, 0) is 17.7 Å². The van der Waals surface area contributed by atoms with E-state index in [-0.39, 0.29) is 23.2 Å². The van der Waals surface area contributed by atoms with Gasteiger partial charge in [0.1, 0.15) is 5.15 Å². The van der Waals surface area contributed by atoms with Crippen LogP contribution in [0.25, 0.3) is 0 Å². The molecule has 1 heterocycles. The molecule has 0 atom stereocenters. The van der Waals surface area contributed by atoms with Crippen LogP contribution in [0.2, 0.25) is 5.15 Å². The number of hydrogen-bond acceptors (Lipinski definition) is 4. The molecule has 0 saturated carbocycles. The van der Waals surface area contributed by atoms with Gasteiger partial charge in [-0.15, -0.1) is 0 Å². The van der Waals surface area contributed by atoms with Crippen molar-refractivity contribution in [1.82, 2.24) is 4.98 Å². The first-order valence-corrected chi connectivity index (χ1v) is 6.07. The van der Waals surface area contributed by atoms with Crippen LogP contribution in [0.5, 0.6) is 0 Å². The molecule has 0 bridgehead atoms. The van der Waals surface area contributed by atoms with E-state index in [0.717, 1.165) is 0 Å². The molecule has 0 aliphatic rings. The normalized spacial score (nSPS) is 10.1. The van der Waals surface area contributed by atoms with Crippen LogP contribution in [0.3, 0.4) is 0 Å². The van der Waals surface area contributed by atoms with E-state index in [2.05, 4.69) is 10.3 Å². The molecule has 1 N–H and O–H groups in total. The molecule has 1 aromatic carbocycles. The van der Waals surface area contributed by atoms with E-state index < -0.39 is 4.92 Å². The summed E-state index contributed by atoms with van der Waals surface area (Å²) in [6.45, 7) is 0. The molecule has 0 spiro atoms. The SMILES string of the molecule is O=C(Cc1cccc([N+](=O)[O-])c1)Nc1ccnc(Cl)c1. The van der Waals surface area contributed by atoms with Gasteiger partial charge in [0, 0.05) is 24.0 Å². The second-order valence-corrected chi connectivity index (χ2v) is 4.41. The lowest BCUT2D eigenvalue weighted by Crippen LogP contribution is -2.14. The summed E-state index contributed by atoms with van der Waals surface area (Å²) in [5.74, 6) is -0.284. The van der Waals surface area contributed by atoms with Gasteiger partial charge in [-0.1, -0.05) is 23.7 Å². The Balaban J connectivity index is 2.04. The highest BCUT2D eigenvalue weighted by molar-refractivity contribution is 6.29. The lowest BCUT2D eigenvalue weighted by atomic mass is 10.1. The third-order valence-electron chi connectivity index (χ3n) is 2.50. The molecule has 20 heavy (non-hydrogen) atoms. The maximum absolute atomic E-state index is 11.8. The summed E-state index contributed by atoms with van der Waals surface area (Å²) in [5.41, 5.74) is 1.06. The van der Waals surface area contributed by atoms with Crippen LogP contribution in [0.1, 0.15) is 5.56 Å². The second kappa shape index (κ2) is 6.12. The number of halogens is 1. The Labute approximate surface area is 119 Å². The van der Waals surface area contributed by atoms with Gasteiger partial charge in [-0.25, -0.2) is 4.98 Å². The first kappa shape index (κ1) is 14.0. The molecular formula is C13H10ClN3O3. The van der Waals surface area contributed by atoms with Crippen LogP contribution in [0.4, 0.5) is 11.4 Å². The number of nitrogens with zero attached hydrogens (tertiary/aromatic N) is 2. The van der Waals surface area contributed by atoms with Crippen LogP contribution in [-0.4, -0.2) is 15.8 Å². The van der Waals surface area contributed by atoms with Crippen LogP contribution in [0, 0.1) is 10.1 Å². The number of rotatable bonds is 4. The predicted molar refractivity (Wildman–Crippen MR) is 74.7 cm³/mol. The maximum Gasteiger partial charge on any atom is 0.269 e. The standard InChI is InChI=1S/C13H10ClN3O3/c14-12-8-10(4-5-15-12)16-13(18)7-9-2-1-3-11(6-9)17(19)20/h1-6,8H,7H2,(H,15,16,18). The summed E-state index contributed by atoms with van der Waals surface area (Å²) < 4.78 is 0. The van der Waals surface area contributed by atoms with Gasteiger partial charge in [0.15, 0.2) is 0 Å². The third-order valence-corrected chi connectivity index (χ3v) is 2.70. The Morgan fingerprint density at radius 1 is 1.35 bits per heavy atom. The van der Waals surface area contributed by atoms with E-state index in [9.17, 15) is 14.9 Å². The van der Waals surface area contributed by atoms with Gasteiger partial charge in [0.25, 0.3) is 5.69 Å². The number of carbonyl (C=O) groups is 1. The van der Waals surface area contributed by atoms with E-state index in [1.165, 1.54) is 24.4 Å². The fraction of sp³-hybridized carbons (Fsp3) is 0.0769. The highest BCUT2D eigenvalue weighted by Gasteiger charge is 2.09. The van der Waals surface area contributed by atoms with Crippen molar-refractivity contribution in [2.24, 2.45) is 0 Å². The Morgan fingerprint density at radius 3 is 2.85 bits per heavy atom. The molecular weight excluding hydrogens is 282 g/mol. The lowest BCUT2D eigenvalue weighted by molar-refractivity contribution is -0.384. The minimum atomic E-state index is -0.496. The van der Waals surface area contributed by atoms with E-state index in [0.29, 0.717) is 11.3 Å². The quantitative estimate of drug-likeness (QED) is 0.533. The van der Waals surface area contributed by atoms with Gasteiger partial charge in [-0.3, -0.25) is 14.9 Å². The summed E-state index contributed by atoms with van der Waals surface area (Å²) in [6, 6.07) is 9.09. The molecule has 102 valence electrons. The molecule has 0 aliphatic heterocycles. The van der Waals surface area contributed by atoms with Crippen molar-refractivity contribution in [3.8, 4) is 0 Å². The fourth-order valence-electron chi connectivity index (χ4n) is 1.65. The molecule has 2 rings (SSSR count). The molecule has 1 aromatic heterocycles. The zero-order chi connectivity index (χ0) is 14.5. The molecule has 0 aliphatic carbocycles. The number of carbonyl (C=O) groups excluding carboxylic acids is 1. The minimum absolute atomic E-state index is 0.0396. The first-order chi connectivity index (χ1) is 9.54. The number of benzene rings is 1. The van der Waals surface area contributed by atoms with Crippen LogP contribution >= 0.6 is 11.6 Å². The van der Waals surface area contributed by atoms with Gasteiger partial charge in [0.2, 0.25) is 5.91 Å². The Bertz CT molecular complexity index is 661. The number of nitro groups is 1. The number of pyridine rings is 1. The monoisotopic (exact) mass is 291 g/mol. The largest absolute Gasteiger partial charge is 0.326 e. The van der Waals surface area contributed by atoms with Crippen LogP contribution < -0.4 is 5.32 Å². The Morgan fingerprint density at radius 2 is 2.15 bits per heavy atom. The van der Waals surface area contributed by atoms with Crippen molar-refractivity contribution in [2.75, 3.05) is 5.32 Å². The summed E-state index contributed by atoms with van der Waals surface area (Å²) >= 11 is 5.71. The maximum atomic E-state index is 11.8. The van der Waals surface area contributed by atoms with Crippen molar-refractivity contribution in [1.29, 1.82) is 0 Å². The molecule has 6 nitrogen and oxygen atoms in total. The molecule has 2 aromatic rings. The summed E-state index contributed by atoms with van der Waals surface area (Å²) in [5, 5.41) is 13.6. The van der Waals surface area contributed by atoms with Crippen LogP contribution in [-0.2, 0) is 11.2 Å².